The van der Waals surface area contributed by atoms with E-state index in [1.54, 1.807) is 36.4 Å². The molecule has 1 aliphatic carbocycles. The van der Waals surface area contributed by atoms with Gasteiger partial charge in [0.2, 0.25) is 0 Å². The van der Waals surface area contributed by atoms with E-state index in [1.165, 1.54) is 4.90 Å². The van der Waals surface area contributed by atoms with E-state index in [0.29, 0.717) is 17.5 Å². The van der Waals surface area contributed by atoms with Gasteiger partial charge in [0.1, 0.15) is 11.6 Å². The first kappa shape index (κ1) is 25.0. The number of fused-ring (bicyclic) bond motifs is 1. The van der Waals surface area contributed by atoms with Crippen LogP contribution in [-0.4, -0.2) is 78.3 Å². The molecule has 37 heavy (non-hydrogen) atoms. The lowest BCUT2D eigenvalue weighted by atomic mass is 10.0. The molecule has 194 valence electrons. The second-order valence-corrected chi connectivity index (χ2v) is 10.6. The highest BCUT2D eigenvalue weighted by molar-refractivity contribution is 6.05. The summed E-state index contributed by atoms with van der Waals surface area (Å²) in [5.74, 6) is -1.26. The number of amides is 3. The fraction of sp³-hybridized carbons (Fsp3) is 0.429. The first-order valence-corrected chi connectivity index (χ1v) is 12.6. The molecule has 2 aliphatic heterocycles. The minimum atomic E-state index is -1.16. The van der Waals surface area contributed by atoms with Crippen LogP contribution >= 0.6 is 0 Å². The maximum Gasteiger partial charge on any atom is 0.272 e. The Balaban J connectivity index is 1.36. The van der Waals surface area contributed by atoms with Crippen LogP contribution in [-0.2, 0) is 14.4 Å². The molecule has 3 aliphatic rings. The van der Waals surface area contributed by atoms with Crippen LogP contribution in [0.25, 0.3) is 0 Å². The van der Waals surface area contributed by atoms with Crippen molar-refractivity contribution in [1.29, 1.82) is 0 Å². The molecule has 3 fully saturated rings. The molecule has 3 amide bonds. The lowest BCUT2D eigenvalue weighted by molar-refractivity contribution is -0.182. The molecule has 2 heterocycles. The van der Waals surface area contributed by atoms with Gasteiger partial charge in [-0.3, -0.25) is 24.0 Å². The van der Waals surface area contributed by atoms with Gasteiger partial charge in [0.15, 0.2) is 5.78 Å². The summed E-state index contributed by atoms with van der Waals surface area (Å²) in [5.41, 5.74) is 0.729. The predicted octanol–water partition coefficient (Wildman–Crippen LogP) is 2.13. The molecule has 9 heteroatoms. The Morgan fingerprint density at radius 2 is 1.70 bits per heavy atom. The molecule has 2 aromatic rings. The second-order valence-electron chi connectivity index (χ2n) is 10.6. The number of carbonyl (C=O) groups excluding carboxylic acids is 4. The minimum absolute atomic E-state index is 0.0447. The van der Waals surface area contributed by atoms with E-state index >= 15 is 0 Å². The first-order valence-electron chi connectivity index (χ1n) is 12.6. The van der Waals surface area contributed by atoms with Gasteiger partial charge in [-0.05, 0) is 54.7 Å². The molecular weight excluding hydrogens is 472 g/mol. The number of anilines is 1. The fourth-order valence-corrected chi connectivity index (χ4v) is 5.54. The second kappa shape index (κ2) is 9.30. The van der Waals surface area contributed by atoms with Crippen LogP contribution in [0, 0.1) is 11.8 Å². The van der Waals surface area contributed by atoms with Crippen molar-refractivity contribution in [2.24, 2.45) is 11.8 Å². The Kier molecular flexibility index (Phi) is 6.27. The molecule has 1 saturated carbocycles. The Labute approximate surface area is 216 Å². The number of hydrogen-bond donors (Lipinski definition) is 1. The van der Waals surface area contributed by atoms with Crippen LogP contribution < -0.4 is 10.2 Å². The number of nitrogens with one attached hydrogen (secondary N) is 1. The van der Waals surface area contributed by atoms with Crippen molar-refractivity contribution in [3.63, 3.8) is 0 Å². The number of hydroxylamine groups is 2. The summed E-state index contributed by atoms with van der Waals surface area (Å²) in [5, 5.41) is 4.11. The molecule has 2 unspecified atom stereocenters. The van der Waals surface area contributed by atoms with Gasteiger partial charge in [-0.2, -0.15) is 0 Å². The van der Waals surface area contributed by atoms with Gasteiger partial charge in [0.25, 0.3) is 17.7 Å². The van der Waals surface area contributed by atoms with Gasteiger partial charge in [-0.25, -0.2) is 5.06 Å². The normalized spacial score (nSPS) is 26.3. The van der Waals surface area contributed by atoms with Crippen molar-refractivity contribution in [2.45, 2.75) is 37.9 Å². The van der Waals surface area contributed by atoms with E-state index < -0.39 is 23.5 Å². The van der Waals surface area contributed by atoms with E-state index in [9.17, 15) is 19.2 Å². The zero-order valence-electron chi connectivity index (χ0n) is 21.5. The third-order valence-corrected chi connectivity index (χ3v) is 7.72. The van der Waals surface area contributed by atoms with Crippen LogP contribution in [0.2, 0.25) is 0 Å². The van der Waals surface area contributed by atoms with Gasteiger partial charge in [-0.15, -0.1) is 0 Å². The lowest BCUT2D eigenvalue weighted by Gasteiger charge is -2.28. The molecule has 4 atom stereocenters. The summed E-state index contributed by atoms with van der Waals surface area (Å²) < 4.78 is 0. The predicted molar refractivity (Wildman–Crippen MR) is 137 cm³/mol. The van der Waals surface area contributed by atoms with E-state index in [4.69, 9.17) is 4.84 Å². The molecule has 2 aromatic carbocycles. The van der Waals surface area contributed by atoms with Crippen LogP contribution in [0.5, 0.6) is 0 Å². The third-order valence-electron chi connectivity index (χ3n) is 7.72. The molecule has 0 aromatic heterocycles. The van der Waals surface area contributed by atoms with Gasteiger partial charge < -0.3 is 15.1 Å². The van der Waals surface area contributed by atoms with Gasteiger partial charge in [0.05, 0.1) is 19.2 Å². The van der Waals surface area contributed by atoms with Crippen LogP contribution in [0.4, 0.5) is 5.69 Å². The van der Waals surface area contributed by atoms with E-state index in [0.717, 1.165) is 10.8 Å². The number of carbonyl (C=O) groups is 4. The number of benzene rings is 2. The topological polar surface area (TPSA) is 99.3 Å². The Morgan fingerprint density at radius 3 is 2.30 bits per heavy atom. The summed E-state index contributed by atoms with van der Waals surface area (Å²) in [4.78, 5) is 62.4. The van der Waals surface area contributed by atoms with Crippen molar-refractivity contribution >= 4 is 29.2 Å². The highest BCUT2D eigenvalue weighted by atomic mass is 16.7. The van der Waals surface area contributed by atoms with E-state index in [1.807, 2.05) is 51.0 Å². The number of nitrogens with zero attached hydrogens (tertiary/aromatic N) is 3. The standard InChI is InChI=1S/C28H32N4O5/c1-17(2)21-14-28(21,29-25(34)18-10-12-20(13-11-18)30(3)4)27(36)32-24-22(16-37-32)31(15-23(24)33)26(35)19-8-6-5-7-9-19/h5-13,17,21-22,24H,14-16H2,1-4H3,(H,29,34)/t21?,22-,24+,28?/m1/s1. The summed E-state index contributed by atoms with van der Waals surface area (Å²) in [6.07, 6.45) is 0.461. The summed E-state index contributed by atoms with van der Waals surface area (Å²) in [7, 11) is 3.84. The monoisotopic (exact) mass is 504 g/mol. The molecule has 2 saturated heterocycles. The number of likely N-dealkylation sites (tertiary alicyclic amines) is 1. The van der Waals surface area contributed by atoms with E-state index in [2.05, 4.69) is 5.32 Å². The highest BCUT2D eigenvalue weighted by Gasteiger charge is 2.66. The fourth-order valence-electron chi connectivity index (χ4n) is 5.54. The van der Waals surface area contributed by atoms with Crippen molar-refractivity contribution in [3.8, 4) is 0 Å². The maximum atomic E-state index is 13.9. The summed E-state index contributed by atoms with van der Waals surface area (Å²) in [6.45, 7) is 3.98. The minimum Gasteiger partial charge on any atom is -0.378 e. The lowest BCUT2D eigenvalue weighted by Crippen LogP contribution is -2.55. The largest absolute Gasteiger partial charge is 0.378 e. The number of rotatable bonds is 6. The number of ketones is 1. The number of hydrogen-bond acceptors (Lipinski definition) is 6. The first-order chi connectivity index (χ1) is 17.6. The third kappa shape index (κ3) is 4.27. The Bertz CT molecular complexity index is 1230. The zero-order chi connectivity index (χ0) is 26.5. The Hall–Kier alpha value is -3.72. The van der Waals surface area contributed by atoms with Crippen molar-refractivity contribution in [1.82, 2.24) is 15.3 Å². The van der Waals surface area contributed by atoms with Gasteiger partial charge in [-0.1, -0.05) is 32.0 Å². The van der Waals surface area contributed by atoms with Gasteiger partial charge >= 0.3 is 0 Å². The molecule has 0 radical (unpaired) electrons. The van der Waals surface area contributed by atoms with Crippen LogP contribution in [0.15, 0.2) is 54.6 Å². The summed E-state index contributed by atoms with van der Waals surface area (Å²) in [6, 6.07) is 14.5. The van der Waals surface area contributed by atoms with Crippen molar-refractivity contribution < 1.29 is 24.0 Å². The van der Waals surface area contributed by atoms with Gasteiger partial charge in [0, 0.05) is 30.9 Å². The smallest absolute Gasteiger partial charge is 0.272 e. The van der Waals surface area contributed by atoms with Crippen molar-refractivity contribution in [2.75, 3.05) is 32.1 Å². The van der Waals surface area contributed by atoms with E-state index in [-0.39, 0.29) is 42.6 Å². The molecular formula is C28H32N4O5. The average Bonchev–Trinajstić information content (AvgIpc) is 3.31. The molecule has 9 nitrogen and oxygen atoms in total. The number of Topliss-reactive ketones (excluding diaryl/α,β-unsaturated/α-hetero) is 1. The van der Waals surface area contributed by atoms with Crippen LogP contribution in [0.3, 0.4) is 0 Å². The highest BCUT2D eigenvalue weighted by Crippen LogP contribution is 2.51. The average molecular weight is 505 g/mol. The zero-order valence-corrected chi connectivity index (χ0v) is 21.5. The van der Waals surface area contributed by atoms with Crippen molar-refractivity contribution in [3.05, 3.63) is 65.7 Å². The maximum absolute atomic E-state index is 13.9. The molecule has 0 bridgehead atoms. The molecule has 5 rings (SSSR count). The summed E-state index contributed by atoms with van der Waals surface area (Å²) >= 11 is 0. The quantitative estimate of drug-likeness (QED) is 0.647. The SMILES string of the molecule is CC(C)C1CC1(NC(=O)c1ccc(N(C)C)cc1)C(=O)N1OC[C@@H]2[C@H]1C(=O)CN2C(=O)c1ccccc1. The Morgan fingerprint density at radius 1 is 1.03 bits per heavy atom. The van der Waals surface area contributed by atoms with Crippen LogP contribution in [0.1, 0.15) is 41.0 Å². The molecule has 0 spiro atoms. The molecule has 1 N–H and O–H groups in total.